The monoisotopic (exact) mass is 401 g/mol. The quantitative estimate of drug-likeness (QED) is 0.478. The number of hydrogen-bond donors (Lipinski definition) is 1. The molecule has 0 bridgehead atoms. The number of rotatable bonds is 7. The van der Waals surface area contributed by atoms with Gasteiger partial charge in [-0.1, -0.05) is 49.2 Å². The molecule has 0 saturated heterocycles. The fourth-order valence-electron chi connectivity index (χ4n) is 2.77. The molecule has 0 aliphatic carbocycles. The minimum atomic E-state index is 0.0517. The highest BCUT2D eigenvalue weighted by Crippen LogP contribution is 2.31. The molecule has 1 aromatic heterocycles. The molecular weight excluding hydrogens is 381 g/mol. The van der Waals surface area contributed by atoms with E-state index >= 15 is 0 Å². The Bertz CT molecular complexity index is 900. The van der Waals surface area contributed by atoms with E-state index in [1.165, 1.54) is 0 Å². The van der Waals surface area contributed by atoms with Gasteiger partial charge in [0.2, 0.25) is 0 Å². The molecule has 3 aromatic rings. The minimum Gasteiger partial charge on any atom is -0.457 e. The molecule has 4 nitrogen and oxygen atoms in total. The molecule has 0 aliphatic rings. The highest BCUT2D eigenvalue weighted by molar-refractivity contribution is 6.33. The van der Waals surface area contributed by atoms with E-state index in [0.29, 0.717) is 15.9 Å². The number of halogens is 2. The second kappa shape index (κ2) is 9.07. The van der Waals surface area contributed by atoms with Gasteiger partial charge < -0.3 is 10.1 Å². The van der Waals surface area contributed by atoms with E-state index in [9.17, 15) is 0 Å². The summed E-state index contributed by atoms with van der Waals surface area (Å²) in [5.74, 6) is 2.15. The third kappa shape index (κ3) is 4.90. The van der Waals surface area contributed by atoms with Crippen molar-refractivity contribution in [2.24, 2.45) is 0 Å². The number of nitrogens with one attached hydrogen (secondary N) is 1. The van der Waals surface area contributed by atoms with Crippen LogP contribution in [0.5, 0.6) is 11.5 Å². The number of nitrogens with zero attached hydrogens (tertiary/aromatic N) is 2. The molecule has 1 atom stereocenters. The van der Waals surface area contributed by atoms with Gasteiger partial charge in [-0.05, 0) is 54.8 Å². The Balaban J connectivity index is 1.80. The Morgan fingerprint density at radius 1 is 1.00 bits per heavy atom. The van der Waals surface area contributed by atoms with Gasteiger partial charge in [-0.3, -0.25) is 0 Å². The highest BCUT2D eigenvalue weighted by Gasteiger charge is 2.15. The molecule has 0 aliphatic heterocycles. The number of ether oxygens (including phenoxy) is 1. The van der Waals surface area contributed by atoms with Gasteiger partial charge in [0.15, 0.2) is 0 Å². The fourth-order valence-corrected chi connectivity index (χ4v) is 3.18. The Morgan fingerprint density at radius 3 is 2.48 bits per heavy atom. The van der Waals surface area contributed by atoms with E-state index in [0.717, 1.165) is 35.6 Å². The summed E-state index contributed by atoms with van der Waals surface area (Å²) >= 11 is 12.4. The zero-order chi connectivity index (χ0) is 19.2. The predicted molar refractivity (Wildman–Crippen MR) is 111 cm³/mol. The smallest absolute Gasteiger partial charge is 0.149 e. The molecule has 1 unspecified atom stereocenters. The summed E-state index contributed by atoms with van der Waals surface area (Å²) in [5, 5.41) is 4.69. The third-order valence-electron chi connectivity index (χ3n) is 4.23. The number of aromatic nitrogens is 2. The van der Waals surface area contributed by atoms with Crippen LogP contribution in [0.15, 0.2) is 54.9 Å². The maximum Gasteiger partial charge on any atom is 0.149 e. The molecule has 2 aromatic carbocycles. The first-order chi connectivity index (χ1) is 13.1. The predicted octanol–water partition coefficient (Wildman–Crippen LogP) is 6.70. The van der Waals surface area contributed by atoms with Crippen LogP contribution in [0, 0.1) is 0 Å². The molecule has 6 heteroatoms. The Labute approximate surface area is 169 Å². The zero-order valence-electron chi connectivity index (χ0n) is 15.2. The Kier molecular flexibility index (Phi) is 6.54. The molecule has 0 fully saturated rings. The lowest BCUT2D eigenvalue weighted by molar-refractivity contribution is 0.481. The van der Waals surface area contributed by atoms with Gasteiger partial charge in [0.05, 0.1) is 11.7 Å². The summed E-state index contributed by atoms with van der Waals surface area (Å²) in [6.07, 6.45) is 3.17. The van der Waals surface area contributed by atoms with Gasteiger partial charge in [-0.25, -0.2) is 9.97 Å². The van der Waals surface area contributed by atoms with Crippen LogP contribution in [0.3, 0.4) is 0 Å². The summed E-state index contributed by atoms with van der Waals surface area (Å²) in [6, 6.07) is 15.3. The first-order valence-corrected chi connectivity index (χ1v) is 9.65. The fraction of sp³-hybridized carbons (Fsp3) is 0.238. The highest BCUT2D eigenvalue weighted by atomic mass is 35.5. The molecule has 0 radical (unpaired) electrons. The summed E-state index contributed by atoms with van der Waals surface area (Å²) in [6.45, 7) is 4.13. The van der Waals surface area contributed by atoms with Gasteiger partial charge in [0, 0.05) is 5.02 Å². The van der Waals surface area contributed by atoms with Gasteiger partial charge in [0.25, 0.3) is 0 Å². The molecule has 0 saturated carbocycles. The number of anilines is 1. The Hall–Kier alpha value is -2.30. The standard InChI is InChI=1S/C21H21Cl2N3O/c1-3-18(26-21-20(23)19(4-2)24-13-25-21)14-6-5-7-17(12-14)27-16-10-8-15(22)9-11-16/h5-13,18H,3-4H2,1-2H3,(H,24,25,26). The average Bonchev–Trinajstić information content (AvgIpc) is 2.69. The second-order valence-electron chi connectivity index (χ2n) is 6.07. The maximum absolute atomic E-state index is 6.43. The summed E-state index contributed by atoms with van der Waals surface area (Å²) in [5.41, 5.74) is 1.93. The topological polar surface area (TPSA) is 47.0 Å². The van der Waals surface area contributed by atoms with Crippen LogP contribution in [-0.4, -0.2) is 9.97 Å². The van der Waals surface area contributed by atoms with E-state index < -0.39 is 0 Å². The van der Waals surface area contributed by atoms with Gasteiger partial charge in [-0.15, -0.1) is 0 Å². The molecule has 3 rings (SSSR count). The van der Waals surface area contributed by atoms with Crippen molar-refractivity contribution in [2.45, 2.75) is 32.7 Å². The van der Waals surface area contributed by atoms with Crippen LogP contribution >= 0.6 is 23.2 Å². The molecule has 27 heavy (non-hydrogen) atoms. The van der Waals surface area contributed by atoms with Crippen molar-refractivity contribution in [1.29, 1.82) is 0 Å². The van der Waals surface area contributed by atoms with Crippen molar-refractivity contribution in [3.05, 3.63) is 76.2 Å². The van der Waals surface area contributed by atoms with E-state index in [4.69, 9.17) is 27.9 Å². The molecule has 1 heterocycles. The first-order valence-electron chi connectivity index (χ1n) is 8.90. The molecule has 0 amide bonds. The van der Waals surface area contributed by atoms with E-state index in [1.807, 2.05) is 37.3 Å². The van der Waals surface area contributed by atoms with Crippen LogP contribution < -0.4 is 10.1 Å². The normalized spacial score (nSPS) is 11.9. The zero-order valence-corrected chi connectivity index (χ0v) is 16.8. The van der Waals surface area contributed by atoms with Gasteiger partial charge in [0.1, 0.15) is 28.7 Å². The lowest BCUT2D eigenvalue weighted by Crippen LogP contribution is -2.12. The van der Waals surface area contributed by atoms with E-state index in [-0.39, 0.29) is 6.04 Å². The third-order valence-corrected chi connectivity index (χ3v) is 4.87. The van der Waals surface area contributed by atoms with Crippen molar-refractivity contribution in [3.63, 3.8) is 0 Å². The largest absolute Gasteiger partial charge is 0.457 e. The molecule has 140 valence electrons. The average molecular weight is 402 g/mol. The Morgan fingerprint density at radius 2 is 1.78 bits per heavy atom. The van der Waals surface area contributed by atoms with Crippen molar-refractivity contribution in [3.8, 4) is 11.5 Å². The minimum absolute atomic E-state index is 0.0517. The summed E-state index contributed by atoms with van der Waals surface area (Å²) in [7, 11) is 0. The first kappa shape index (κ1) is 19.5. The van der Waals surface area contributed by atoms with Crippen LogP contribution in [0.4, 0.5) is 5.82 Å². The van der Waals surface area contributed by atoms with E-state index in [2.05, 4.69) is 28.3 Å². The van der Waals surface area contributed by atoms with Crippen molar-refractivity contribution in [2.75, 3.05) is 5.32 Å². The summed E-state index contributed by atoms with van der Waals surface area (Å²) in [4.78, 5) is 8.52. The molecular formula is C21H21Cl2N3O. The lowest BCUT2D eigenvalue weighted by Gasteiger charge is -2.20. The van der Waals surface area contributed by atoms with Crippen LogP contribution in [0.2, 0.25) is 10.0 Å². The van der Waals surface area contributed by atoms with Gasteiger partial charge >= 0.3 is 0 Å². The number of aryl methyl sites for hydroxylation is 1. The van der Waals surface area contributed by atoms with Crippen molar-refractivity contribution in [1.82, 2.24) is 9.97 Å². The number of benzene rings is 2. The van der Waals surface area contributed by atoms with Crippen molar-refractivity contribution < 1.29 is 4.74 Å². The SMILES string of the molecule is CCc1ncnc(NC(CC)c2cccc(Oc3ccc(Cl)cc3)c2)c1Cl. The van der Waals surface area contributed by atoms with Crippen LogP contribution in [0.1, 0.15) is 37.6 Å². The lowest BCUT2D eigenvalue weighted by atomic mass is 10.0. The molecule has 1 N–H and O–H groups in total. The maximum atomic E-state index is 6.43. The summed E-state index contributed by atoms with van der Waals surface area (Å²) < 4.78 is 5.94. The second-order valence-corrected chi connectivity index (χ2v) is 6.88. The van der Waals surface area contributed by atoms with Crippen LogP contribution in [-0.2, 0) is 6.42 Å². The van der Waals surface area contributed by atoms with Gasteiger partial charge in [-0.2, -0.15) is 0 Å². The number of hydrogen-bond acceptors (Lipinski definition) is 4. The molecule has 0 spiro atoms. The van der Waals surface area contributed by atoms with Crippen molar-refractivity contribution >= 4 is 29.0 Å². The van der Waals surface area contributed by atoms with E-state index in [1.54, 1.807) is 18.5 Å². The van der Waals surface area contributed by atoms with Crippen LogP contribution in [0.25, 0.3) is 0 Å².